The number of unbranched alkanes of at least 4 members (excludes halogenated alkanes) is 14. The van der Waals surface area contributed by atoms with Crippen molar-refractivity contribution in [3.8, 4) is 0 Å². The Kier molecular flexibility index (Phi) is 44.1. The van der Waals surface area contributed by atoms with Gasteiger partial charge in [0.1, 0.15) is 13.2 Å². The molecule has 0 N–H and O–H groups in total. The maximum Gasteiger partial charge on any atom is 0.306 e. The first-order valence-electron chi connectivity index (χ1n) is 23.7. The molecule has 0 radical (unpaired) electrons. The average Bonchev–Trinajstić information content (AvgIpc) is 3.23. The Morgan fingerprint density at radius 3 is 1.10 bits per heavy atom. The van der Waals surface area contributed by atoms with Crippen molar-refractivity contribution in [1.29, 1.82) is 0 Å². The zero-order valence-corrected chi connectivity index (χ0v) is 38.0. The van der Waals surface area contributed by atoms with E-state index in [1.165, 1.54) is 51.4 Å². The lowest BCUT2D eigenvalue weighted by Crippen LogP contribution is -2.30. The third-order valence-corrected chi connectivity index (χ3v) is 9.60. The predicted molar refractivity (Wildman–Crippen MR) is 251 cm³/mol. The summed E-state index contributed by atoms with van der Waals surface area (Å²) in [7, 11) is 0. The number of esters is 3. The molecule has 0 heterocycles. The fraction of sp³-hybridized carbons (Fsp3) is 0.642. The molecule has 0 aliphatic heterocycles. The second-order valence-corrected chi connectivity index (χ2v) is 15.3. The summed E-state index contributed by atoms with van der Waals surface area (Å²) < 4.78 is 16.5. The molecule has 0 aliphatic rings. The molecular formula is C53H86O6. The monoisotopic (exact) mass is 819 g/mol. The van der Waals surface area contributed by atoms with Gasteiger partial charge in [0.15, 0.2) is 6.10 Å². The van der Waals surface area contributed by atoms with E-state index in [0.717, 1.165) is 103 Å². The van der Waals surface area contributed by atoms with E-state index in [4.69, 9.17) is 14.2 Å². The fourth-order valence-corrected chi connectivity index (χ4v) is 6.09. The van der Waals surface area contributed by atoms with Gasteiger partial charge in [0.25, 0.3) is 0 Å². The molecule has 0 aromatic rings. The smallest absolute Gasteiger partial charge is 0.306 e. The van der Waals surface area contributed by atoms with Gasteiger partial charge in [0, 0.05) is 19.3 Å². The molecule has 59 heavy (non-hydrogen) atoms. The molecule has 0 amide bonds. The summed E-state index contributed by atoms with van der Waals surface area (Å²) in [6.07, 6.45) is 61.6. The summed E-state index contributed by atoms with van der Waals surface area (Å²) in [5.41, 5.74) is 0. The van der Waals surface area contributed by atoms with Crippen LogP contribution in [0.25, 0.3) is 0 Å². The number of allylic oxidation sites excluding steroid dienone is 16. The Hall–Kier alpha value is -3.67. The van der Waals surface area contributed by atoms with Crippen LogP contribution in [-0.4, -0.2) is 37.2 Å². The number of hydrogen-bond donors (Lipinski definition) is 0. The van der Waals surface area contributed by atoms with Crippen molar-refractivity contribution in [2.45, 2.75) is 207 Å². The van der Waals surface area contributed by atoms with Crippen LogP contribution in [0, 0.1) is 0 Å². The van der Waals surface area contributed by atoms with Crippen LogP contribution in [0.3, 0.4) is 0 Å². The zero-order chi connectivity index (χ0) is 43.0. The first kappa shape index (κ1) is 55.3. The lowest BCUT2D eigenvalue weighted by molar-refractivity contribution is -0.166. The largest absolute Gasteiger partial charge is 0.462 e. The predicted octanol–water partition coefficient (Wildman–Crippen LogP) is 15.4. The second kappa shape index (κ2) is 47.0. The van der Waals surface area contributed by atoms with E-state index < -0.39 is 12.1 Å². The first-order chi connectivity index (χ1) is 29.0. The molecule has 334 valence electrons. The Morgan fingerprint density at radius 2 is 0.695 bits per heavy atom. The van der Waals surface area contributed by atoms with Gasteiger partial charge in [-0.15, -0.1) is 0 Å². The third-order valence-electron chi connectivity index (χ3n) is 9.60. The molecule has 1 atom stereocenters. The standard InChI is InChI=1S/C53H86O6/c1-4-7-10-13-15-17-19-21-22-23-24-25-26-27-28-29-30-32-33-35-37-40-43-46-52(55)58-49-50(48-57-51(54)45-42-39-12-9-6-3)59-53(56)47-44-41-38-36-34-31-20-18-16-14-11-8-5-2/h7-8,10-11,15-18,21-22,24-25,31,34,38,41,50H,4-6,9,12-14,19-20,23,26-30,32-33,35-37,39-40,42-49H2,1-3H3/b10-7-,11-8-,17-15-,18-16-,22-21-,25-24-,34-31-,41-38-. The van der Waals surface area contributed by atoms with E-state index >= 15 is 0 Å². The summed E-state index contributed by atoms with van der Waals surface area (Å²) in [6, 6.07) is 0. The lowest BCUT2D eigenvalue weighted by atomic mass is 10.1. The molecule has 6 heteroatoms. The number of carbonyl (C=O) groups is 3. The van der Waals surface area contributed by atoms with E-state index in [1.54, 1.807) is 0 Å². The van der Waals surface area contributed by atoms with E-state index in [1.807, 2.05) is 12.2 Å². The van der Waals surface area contributed by atoms with Crippen molar-refractivity contribution in [2.75, 3.05) is 13.2 Å². The molecule has 0 bridgehead atoms. The molecule has 0 aromatic heterocycles. The highest BCUT2D eigenvalue weighted by Gasteiger charge is 2.19. The van der Waals surface area contributed by atoms with Crippen LogP contribution in [0.2, 0.25) is 0 Å². The molecule has 1 unspecified atom stereocenters. The summed E-state index contributed by atoms with van der Waals surface area (Å²) >= 11 is 0. The van der Waals surface area contributed by atoms with E-state index in [-0.39, 0.29) is 31.6 Å². The average molecular weight is 819 g/mol. The highest BCUT2D eigenvalue weighted by atomic mass is 16.6. The van der Waals surface area contributed by atoms with Crippen molar-refractivity contribution >= 4 is 17.9 Å². The maximum absolute atomic E-state index is 12.6. The Bertz CT molecular complexity index is 1220. The van der Waals surface area contributed by atoms with E-state index in [0.29, 0.717) is 19.3 Å². The third kappa shape index (κ3) is 45.3. The van der Waals surface area contributed by atoms with Gasteiger partial charge >= 0.3 is 17.9 Å². The van der Waals surface area contributed by atoms with Crippen LogP contribution in [-0.2, 0) is 28.6 Å². The number of hydrogen-bond acceptors (Lipinski definition) is 6. The Labute approximate surface area is 362 Å². The maximum atomic E-state index is 12.6. The summed E-state index contributed by atoms with van der Waals surface area (Å²) in [6.45, 7) is 6.23. The quantitative estimate of drug-likeness (QED) is 0.0265. The van der Waals surface area contributed by atoms with Gasteiger partial charge in [-0.3, -0.25) is 14.4 Å². The zero-order valence-electron chi connectivity index (χ0n) is 38.0. The molecule has 0 saturated carbocycles. The first-order valence-corrected chi connectivity index (χ1v) is 23.7. The Morgan fingerprint density at radius 1 is 0.356 bits per heavy atom. The van der Waals surface area contributed by atoms with Gasteiger partial charge in [-0.1, -0.05) is 195 Å². The van der Waals surface area contributed by atoms with Crippen LogP contribution in [0.4, 0.5) is 0 Å². The highest BCUT2D eigenvalue weighted by molar-refractivity contribution is 5.71. The topological polar surface area (TPSA) is 78.9 Å². The van der Waals surface area contributed by atoms with Crippen molar-refractivity contribution in [1.82, 2.24) is 0 Å². The van der Waals surface area contributed by atoms with Gasteiger partial charge in [0.05, 0.1) is 0 Å². The van der Waals surface area contributed by atoms with Crippen molar-refractivity contribution in [3.63, 3.8) is 0 Å². The number of ether oxygens (including phenoxy) is 3. The van der Waals surface area contributed by atoms with Crippen LogP contribution in [0.5, 0.6) is 0 Å². The van der Waals surface area contributed by atoms with E-state index in [9.17, 15) is 14.4 Å². The highest BCUT2D eigenvalue weighted by Crippen LogP contribution is 2.13. The molecule has 0 fully saturated rings. The summed E-state index contributed by atoms with van der Waals surface area (Å²) in [5, 5.41) is 0. The van der Waals surface area contributed by atoms with Gasteiger partial charge in [-0.05, 0) is 83.5 Å². The molecule has 0 rings (SSSR count). The van der Waals surface area contributed by atoms with Gasteiger partial charge in [0.2, 0.25) is 0 Å². The summed E-state index contributed by atoms with van der Waals surface area (Å²) in [4.78, 5) is 37.5. The molecule has 0 aromatic carbocycles. The normalized spacial score (nSPS) is 12.9. The van der Waals surface area contributed by atoms with Crippen LogP contribution >= 0.6 is 0 Å². The molecule has 0 aliphatic carbocycles. The van der Waals surface area contributed by atoms with Crippen LogP contribution < -0.4 is 0 Å². The fourth-order valence-electron chi connectivity index (χ4n) is 6.09. The molecule has 0 saturated heterocycles. The van der Waals surface area contributed by atoms with Gasteiger partial charge in [-0.25, -0.2) is 0 Å². The summed E-state index contributed by atoms with van der Waals surface area (Å²) in [5.74, 6) is -1.02. The Balaban J connectivity index is 4.22. The molecule has 0 spiro atoms. The second-order valence-electron chi connectivity index (χ2n) is 15.3. The van der Waals surface area contributed by atoms with Crippen molar-refractivity contribution < 1.29 is 28.6 Å². The minimum absolute atomic E-state index is 0.109. The molecule has 6 nitrogen and oxygen atoms in total. The number of carbonyl (C=O) groups excluding carboxylic acids is 3. The van der Waals surface area contributed by atoms with Crippen molar-refractivity contribution in [3.05, 3.63) is 97.2 Å². The van der Waals surface area contributed by atoms with E-state index in [2.05, 4.69) is 106 Å². The van der Waals surface area contributed by atoms with Gasteiger partial charge in [-0.2, -0.15) is 0 Å². The minimum Gasteiger partial charge on any atom is -0.462 e. The van der Waals surface area contributed by atoms with Gasteiger partial charge < -0.3 is 14.2 Å². The minimum atomic E-state index is -0.812. The SMILES string of the molecule is CC/C=C\C/C=C\C/C=C\C/C=C\CCCCCCCCCCCCC(=O)OCC(COC(=O)CCCCCCC)OC(=O)CC/C=C\C/C=C\C/C=C\C/C=C\CC. The lowest BCUT2D eigenvalue weighted by Gasteiger charge is -2.18. The van der Waals surface area contributed by atoms with Crippen LogP contribution in [0.15, 0.2) is 97.2 Å². The van der Waals surface area contributed by atoms with Crippen LogP contribution in [0.1, 0.15) is 201 Å². The van der Waals surface area contributed by atoms with Crippen molar-refractivity contribution in [2.24, 2.45) is 0 Å². The molecular weight excluding hydrogens is 733 g/mol. The number of rotatable bonds is 41.